The highest BCUT2D eigenvalue weighted by Crippen LogP contribution is 2.25. The van der Waals surface area contributed by atoms with Crippen LogP contribution in [0.3, 0.4) is 0 Å². The van der Waals surface area contributed by atoms with Gasteiger partial charge in [0, 0.05) is 11.5 Å². The summed E-state index contributed by atoms with van der Waals surface area (Å²) in [5.74, 6) is -1.20. The van der Waals surface area contributed by atoms with Crippen molar-refractivity contribution in [2.45, 2.75) is 26.2 Å². The first-order chi connectivity index (χ1) is 7.66. The summed E-state index contributed by atoms with van der Waals surface area (Å²) in [5.41, 5.74) is -1.42. The van der Waals surface area contributed by atoms with Crippen molar-refractivity contribution in [2.75, 3.05) is 0 Å². The Kier molecular flexibility index (Phi) is 3.54. The van der Waals surface area contributed by atoms with Crippen LogP contribution < -0.4 is 5.46 Å². The fourth-order valence-corrected chi connectivity index (χ4v) is 1.63. The molecule has 17 heavy (non-hydrogen) atoms. The van der Waals surface area contributed by atoms with Crippen molar-refractivity contribution in [1.29, 1.82) is 0 Å². The normalized spacial score (nSPS) is 11.4. The Labute approximate surface area is 98.2 Å². The summed E-state index contributed by atoms with van der Waals surface area (Å²) in [6, 6.07) is 2.37. The number of hydrogen-bond donors (Lipinski definition) is 2. The van der Waals surface area contributed by atoms with Gasteiger partial charge in [0.05, 0.1) is 4.92 Å². The SMILES string of the molecule is CC(C)(C)c1ccc([N+](=O)[O-])c(F)c1B(O)O. The molecule has 92 valence electrons. The highest BCUT2D eigenvalue weighted by atomic mass is 19.1. The van der Waals surface area contributed by atoms with E-state index in [1.54, 1.807) is 20.8 Å². The molecule has 0 aliphatic carbocycles. The molecule has 2 N–H and O–H groups in total. The third kappa shape index (κ3) is 2.62. The minimum absolute atomic E-state index is 0.329. The van der Waals surface area contributed by atoms with Gasteiger partial charge in [-0.1, -0.05) is 26.8 Å². The Balaban J connectivity index is 3.57. The van der Waals surface area contributed by atoms with Crippen LogP contribution in [0.25, 0.3) is 0 Å². The molecule has 0 saturated heterocycles. The molecule has 7 heteroatoms. The van der Waals surface area contributed by atoms with E-state index in [1.807, 2.05) is 0 Å². The van der Waals surface area contributed by atoms with Crippen LogP contribution >= 0.6 is 0 Å². The van der Waals surface area contributed by atoms with Crippen LogP contribution in [0.4, 0.5) is 10.1 Å². The molecule has 0 saturated carbocycles. The van der Waals surface area contributed by atoms with Crippen LogP contribution in [0.15, 0.2) is 12.1 Å². The lowest BCUT2D eigenvalue weighted by Crippen LogP contribution is -2.40. The Morgan fingerprint density at radius 1 is 1.35 bits per heavy atom. The maximum atomic E-state index is 13.8. The molecule has 0 fully saturated rings. The van der Waals surface area contributed by atoms with Gasteiger partial charge in [-0.15, -0.1) is 0 Å². The van der Waals surface area contributed by atoms with Gasteiger partial charge in [0.25, 0.3) is 0 Å². The van der Waals surface area contributed by atoms with Crippen molar-refractivity contribution < 1.29 is 19.4 Å². The lowest BCUT2D eigenvalue weighted by molar-refractivity contribution is -0.387. The van der Waals surface area contributed by atoms with Crippen LogP contribution in [-0.2, 0) is 5.41 Å². The number of halogens is 1. The van der Waals surface area contributed by atoms with E-state index in [0.717, 1.165) is 6.07 Å². The molecule has 0 bridgehead atoms. The number of benzene rings is 1. The Morgan fingerprint density at radius 2 is 1.88 bits per heavy atom. The molecule has 1 rings (SSSR count). The van der Waals surface area contributed by atoms with Crippen molar-refractivity contribution in [1.82, 2.24) is 0 Å². The van der Waals surface area contributed by atoms with Crippen LogP contribution in [0.2, 0.25) is 0 Å². The average molecular weight is 241 g/mol. The standard InChI is InChI=1S/C10H13BFNO4/c1-10(2,3)6-4-5-7(13(16)17)9(12)8(6)11(14)15/h4-5,14-15H,1-3H3. The quantitative estimate of drug-likeness (QED) is 0.453. The minimum atomic E-state index is -2.08. The molecule has 0 aromatic heterocycles. The van der Waals surface area contributed by atoms with E-state index in [4.69, 9.17) is 10.0 Å². The van der Waals surface area contributed by atoms with Crippen LogP contribution in [-0.4, -0.2) is 22.1 Å². The molecule has 0 amide bonds. The highest BCUT2D eigenvalue weighted by molar-refractivity contribution is 6.59. The largest absolute Gasteiger partial charge is 0.492 e. The van der Waals surface area contributed by atoms with Gasteiger partial charge in [0.15, 0.2) is 0 Å². The van der Waals surface area contributed by atoms with Gasteiger partial charge in [-0.2, -0.15) is 4.39 Å². The molecule has 0 unspecified atom stereocenters. The predicted molar refractivity (Wildman–Crippen MR) is 61.6 cm³/mol. The number of nitro groups is 1. The topological polar surface area (TPSA) is 83.6 Å². The second kappa shape index (κ2) is 4.42. The predicted octanol–water partition coefficient (Wildman–Crippen LogP) is 0.711. The summed E-state index contributed by atoms with van der Waals surface area (Å²) in [7, 11) is -2.08. The van der Waals surface area contributed by atoms with Gasteiger partial charge < -0.3 is 10.0 Å². The van der Waals surface area contributed by atoms with Gasteiger partial charge in [-0.3, -0.25) is 10.1 Å². The molecular weight excluding hydrogens is 228 g/mol. The van der Waals surface area contributed by atoms with Gasteiger partial charge in [-0.25, -0.2) is 0 Å². The molecular formula is C10H13BFNO4. The number of hydrogen-bond acceptors (Lipinski definition) is 4. The zero-order chi connectivity index (χ0) is 13.4. The molecule has 5 nitrogen and oxygen atoms in total. The molecule has 0 heterocycles. The number of rotatable bonds is 2. The van der Waals surface area contributed by atoms with E-state index >= 15 is 0 Å². The zero-order valence-corrected chi connectivity index (χ0v) is 9.77. The van der Waals surface area contributed by atoms with E-state index in [1.165, 1.54) is 6.07 Å². The first-order valence-electron chi connectivity index (χ1n) is 4.99. The number of nitrogens with zero attached hydrogens (tertiary/aromatic N) is 1. The van der Waals surface area contributed by atoms with Crippen LogP contribution in [0.1, 0.15) is 26.3 Å². The summed E-state index contributed by atoms with van der Waals surface area (Å²) in [5, 5.41) is 28.9. The Morgan fingerprint density at radius 3 is 2.24 bits per heavy atom. The molecule has 1 aromatic rings. The Bertz CT molecular complexity index is 456. The van der Waals surface area contributed by atoms with Crippen molar-refractivity contribution in [2.24, 2.45) is 0 Å². The maximum Gasteiger partial charge on any atom is 0.492 e. The third-order valence-electron chi connectivity index (χ3n) is 2.42. The highest BCUT2D eigenvalue weighted by Gasteiger charge is 2.32. The van der Waals surface area contributed by atoms with Gasteiger partial charge in [0.1, 0.15) is 0 Å². The van der Waals surface area contributed by atoms with E-state index < -0.39 is 34.4 Å². The smallest absolute Gasteiger partial charge is 0.423 e. The summed E-state index contributed by atoms with van der Waals surface area (Å²) < 4.78 is 13.8. The number of nitro benzene ring substituents is 1. The van der Waals surface area contributed by atoms with Crippen molar-refractivity contribution >= 4 is 18.3 Å². The maximum absolute atomic E-state index is 13.8. The lowest BCUT2D eigenvalue weighted by atomic mass is 9.69. The minimum Gasteiger partial charge on any atom is -0.423 e. The van der Waals surface area contributed by atoms with Crippen LogP contribution in [0.5, 0.6) is 0 Å². The van der Waals surface area contributed by atoms with Gasteiger partial charge >= 0.3 is 12.8 Å². The summed E-state index contributed by atoms with van der Waals surface area (Å²) in [4.78, 5) is 9.66. The van der Waals surface area contributed by atoms with E-state index in [-0.39, 0.29) is 0 Å². The van der Waals surface area contributed by atoms with E-state index in [0.29, 0.717) is 5.56 Å². The Hall–Kier alpha value is -1.47. The molecule has 0 spiro atoms. The molecule has 0 aliphatic rings. The summed E-state index contributed by atoms with van der Waals surface area (Å²) in [6.45, 7) is 5.25. The fourth-order valence-electron chi connectivity index (χ4n) is 1.63. The lowest BCUT2D eigenvalue weighted by Gasteiger charge is -2.22. The zero-order valence-electron chi connectivity index (χ0n) is 9.77. The van der Waals surface area contributed by atoms with E-state index in [9.17, 15) is 14.5 Å². The van der Waals surface area contributed by atoms with Gasteiger partial charge in [0.2, 0.25) is 5.82 Å². The first-order valence-corrected chi connectivity index (χ1v) is 4.99. The van der Waals surface area contributed by atoms with Crippen molar-refractivity contribution in [3.63, 3.8) is 0 Å². The molecule has 0 radical (unpaired) electrons. The average Bonchev–Trinajstić information content (AvgIpc) is 2.14. The van der Waals surface area contributed by atoms with Crippen molar-refractivity contribution in [3.05, 3.63) is 33.6 Å². The van der Waals surface area contributed by atoms with Gasteiger partial charge in [-0.05, 0) is 11.0 Å². The molecule has 1 aromatic carbocycles. The fraction of sp³-hybridized carbons (Fsp3) is 0.400. The third-order valence-corrected chi connectivity index (χ3v) is 2.42. The second-order valence-corrected chi connectivity index (χ2v) is 4.74. The summed E-state index contributed by atoms with van der Waals surface area (Å²) in [6.07, 6.45) is 0. The molecule has 0 atom stereocenters. The van der Waals surface area contributed by atoms with Crippen LogP contribution in [0, 0.1) is 15.9 Å². The van der Waals surface area contributed by atoms with Crippen molar-refractivity contribution in [3.8, 4) is 0 Å². The first kappa shape index (κ1) is 13.6. The van der Waals surface area contributed by atoms with E-state index in [2.05, 4.69) is 0 Å². The monoisotopic (exact) mass is 241 g/mol. The molecule has 0 aliphatic heterocycles. The summed E-state index contributed by atoms with van der Waals surface area (Å²) >= 11 is 0. The second-order valence-electron chi connectivity index (χ2n) is 4.74.